The van der Waals surface area contributed by atoms with Crippen LogP contribution in [-0.2, 0) is 14.3 Å². The number of carbonyl (C=O) groups is 1. The SMILES string of the molecule is COCCOC(=O)CCN(CCO)CCO. The molecule has 0 aromatic rings. The summed E-state index contributed by atoms with van der Waals surface area (Å²) >= 11 is 0. The molecular weight excluding hydrogens is 214 g/mol. The number of aliphatic hydroxyl groups is 2. The van der Waals surface area contributed by atoms with Crippen molar-refractivity contribution in [1.29, 1.82) is 0 Å². The zero-order valence-electron chi connectivity index (χ0n) is 9.72. The molecule has 0 atom stereocenters. The second kappa shape index (κ2) is 10.8. The molecule has 0 aliphatic heterocycles. The molecule has 0 aromatic carbocycles. The number of carbonyl (C=O) groups excluding carboxylic acids is 1. The Morgan fingerprint density at radius 3 is 2.25 bits per heavy atom. The van der Waals surface area contributed by atoms with E-state index in [1.54, 1.807) is 4.90 Å². The second-order valence-electron chi connectivity index (χ2n) is 3.25. The minimum absolute atomic E-state index is 0.0126. The van der Waals surface area contributed by atoms with E-state index in [2.05, 4.69) is 0 Å². The average Bonchev–Trinajstić information content (AvgIpc) is 2.27. The highest BCUT2D eigenvalue weighted by atomic mass is 16.6. The fourth-order valence-electron chi connectivity index (χ4n) is 1.18. The van der Waals surface area contributed by atoms with Crippen molar-refractivity contribution < 1.29 is 24.5 Å². The second-order valence-corrected chi connectivity index (χ2v) is 3.25. The Kier molecular flexibility index (Phi) is 10.3. The Morgan fingerprint density at radius 1 is 1.12 bits per heavy atom. The lowest BCUT2D eigenvalue weighted by molar-refractivity contribution is -0.145. The van der Waals surface area contributed by atoms with Gasteiger partial charge in [-0.15, -0.1) is 0 Å². The molecule has 0 unspecified atom stereocenters. The molecule has 2 N–H and O–H groups in total. The van der Waals surface area contributed by atoms with Gasteiger partial charge in [0.2, 0.25) is 0 Å². The maximum Gasteiger partial charge on any atom is 0.307 e. The Hall–Kier alpha value is -0.690. The van der Waals surface area contributed by atoms with Gasteiger partial charge in [-0.05, 0) is 0 Å². The first-order valence-electron chi connectivity index (χ1n) is 5.33. The third kappa shape index (κ3) is 8.60. The van der Waals surface area contributed by atoms with Crippen molar-refractivity contribution >= 4 is 5.97 Å². The summed E-state index contributed by atoms with van der Waals surface area (Å²) in [6, 6.07) is 0. The largest absolute Gasteiger partial charge is 0.463 e. The van der Waals surface area contributed by atoms with Crippen LogP contribution in [0, 0.1) is 0 Å². The van der Waals surface area contributed by atoms with Crippen molar-refractivity contribution in [2.24, 2.45) is 0 Å². The molecule has 0 saturated carbocycles. The number of methoxy groups -OCH3 is 1. The first kappa shape index (κ1) is 15.3. The van der Waals surface area contributed by atoms with Crippen LogP contribution in [0.3, 0.4) is 0 Å². The van der Waals surface area contributed by atoms with Crippen LogP contribution in [-0.4, -0.2) is 74.3 Å². The van der Waals surface area contributed by atoms with Gasteiger partial charge in [-0.25, -0.2) is 0 Å². The molecule has 0 amide bonds. The van der Waals surface area contributed by atoms with Crippen LogP contribution in [0.4, 0.5) is 0 Å². The van der Waals surface area contributed by atoms with Crippen LogP contribution in [0.2, 0.25) is 0 Å². The summed E-state index contributed by atoms with van der Waals surface area (Å²) in [4.78, 5) is 13.0. The molecule has 0 bridgehead atoms. The van der Waals surface area contributed by atoms with E-state index >= 15 is 0 Å². The number of esters is 1. The van der Waals surface area contributed by atoms with Crippen LogP contribution in [0.1, 0.15) is 6.42 Å². The van der Waals surface area contributed by atoms with Crippen molar-refractivity contribution in [3.63, 3.8) is 0 Å². The third-order valence-electron chi connectivity index (χ3n) is 2.02. The maximum atomic E-state index is 11.2. The highest BCUT2D eigenvalue weighted by Crippen LogP contribution is 1.93. The normalized spacial score (nSPS) is 10.8. The first-order valence-corrected chi connectivity index (χ1v) is 5.33. The molecule has 6 heteroatoms. The Morgan fingerprint density at radius 2 is 1.75 bits per heavy atom. The summed E-state index contributed by atoms with van der Waals surface area (Å²) in [5.41, 5.74) is 0. The van der Waals surface area contributed by atoms with Crippen LogP contribution >= 0.6 is 0 Å². The van der Waals surface area contributed by atoms with Crippen LogP contribution in [0.5, 0.6) is 0 Å². The van der Waals surface area contributed by atoms with Crippen LogP contribution < -0.4 is 0 Å². The van der Waals surface area contributed by atoms with E-state index in [9.17, 15) is 4.79 Å². The molecule has 0 aliphatic carbocycles. The van der Waals surface area contributed by atoms with Gasteiger partial charge in [-0.3, -0.25) is 9.69 Å². The fourth-order valence-corrected chi connectivity index (χ4v) is 1.18. The van der Waals surface area contributed by atoms with Crippen molar-refractivity contribution in [2.75, 3.05) is 53.2 Å². The summed E-state index contributed by atoms with van der Waals surface area (Å²) in [7, 11) is 1.54. The number of aliphatic hydroxyl groups excluding tert-OH is 2. The summed E-state index contributed by atoms with van der Waals surface area (Å²) in [6.07, 6.45) is 0.254. The first-order chi connectivity index (χ1) is 7.74. The molecule has 0 aromatic heterocycles. The van der Waals surface area contributed by atoms with Crippen LogP contribution in [0.25, 0.3) is 0 Å². The summed E-state index contributed by atoms with van der Waals surface area (Å²) in [5, 5.41) is 17.5. The third-order valence-corrected chi connectivity index (χ3v) is 2.02. The summed E-state index contributed by atoms with van der Waals surface area (Å²) in [5.74, 6) is -0.294. The molecule has 6 nitrogen and oxygen atoms in total. The fraction of sp³-hybridized carbons (Fsp3) is 0.900. The Balaban J connectivity index is 3.60. The highest BCUT2D eigenvalue weighted by molar-refractivity contribution is 5.69. The van der Waals surface area contributed by atoms with E-state index in [0.29, 0.717) is 26.2 Å². The Labute approximate surface area is 95.8 Å². The van der Waals surface area contributed by atoms with Gasteiger partial charge in [0.05, 0.1) is 26.2 Å². The minimum atomic E-state index is -0.294. The van der Waals surface area contributed by atoms with Gasteiger partial charge in [-0.1, -0.05) is 0 Å². The predicted octanol–water partition coefficient (Wildman–Crippen LogP) is -1.15. The molecule has 0 rings (SSSR count). The maximum absolute atomic E-state index is 11.2. The van der Waals surface area contributed by atoms with E-state index in [1.807, 2.05) is 0 Å². The molecule has 0 heterocycles. The van der Waals surface area contributed by atoms with E-state index in [-0.39, 0.29) is 32.2 Å². The molecule has 0 spiro atoms. The van der Waals surface area contributed by atoms with E-state index in [4.69, 9.17) is 19.7 Å². The number of hydrogen-bond acceptors (Lipinski definition) is 6. The van der Waals surface area contributed by atoms with E-state index in [1.165, 1.54) is 7.11 Å². The standard InChI is InChI=1S/C10H21NO5/c1-15-8-9-16-10(14)2-3-11(4-6-12)5-7-13/h12-13H,2-9H2,1H3. The minimum Gasteiger partial charge on any atom is -0.463 e. The topological polar surface area (TPSA) is 79.2 Å². The molecule has 96 valence electrons. The smallest absolute Gasteiger partial charge is 0.307 e. The van der Waals surface area contributed by atoms with Gasteiger partial charge in [0, 0.05) is 26.7 Å². The zero-order valence-corrected chi connectivity index (χ0v) is 9.72. The number of nitrogens with zero attached hydrogens (tertiary/aromatic N) is 1. The number of hydrogen-bond donors (Lipinski definition) is 2. The highest BCUT2D eigenvalue weighted by Gasteiger charge is 2.08. The molecule has 0 aliphatic rings. The lowest BCUT2D eigenvalue weighted by Gasteiger charge is -2.19. The molecule has 16 heavy (non-hydrogen) atoms. The number of rotatable bonds is 10. The Bertz CT molecular complexity index is 171. The lowest BCUT2D eigenvalue weighted by atomic mass is 10.3. The van der Waals surface area contributed by atoms with Gasteiger partial charge in [0.15, 0.2) is 0 Å². The van der Waals surface area contributed by atoms with E-state index < -0.39 is 0 Å². The number of ether oxygens (including phenoxy) is 2. The average molecular weight is 235 g/mol. The van der Waals surface area contributed by atoms with Gasteiger partial charge < -0.3 is 19.7 Å². The van der Waals surface area contributed by atoms with Crippen molar-refractivity contribution in [3.05, 3.63) is 0 Å². The lowest BCUT2D eigenvalue weighted by Crippen LogP contribution is -2.32. The van der Waals surface area contributed by atoms with Gasteiger partial charge in [0.25, 0.3) is 0 Å². The van der Waals surface area contributed by atoms with Crippen molar-refractivity contribution in [3.8, 4) is 0 Å². The molecule has 0 saturated heterocycles. The van der Waals surface area contributed by atoms with Gasteiger partial charge in [0.1, 0.15) is 6.61 Å². The predicted molar refractivity (Wildman–Crippen MR) is 58.1 cm³/mol. The van der Waals surface area contributed by atoms with E-state index in [0.717, 1.165) is 0 Å². The zero-order chi connectivity index (χ0) is 12.2. The van der Waals surface area contributed by atoms with Gasteiger partial charge >= 0.3 is 5.97 Å². The van der Waals surface area contributed by atoms with Gasteiger partial charge in [-0.2, -0.15) is 0 Å². The monoisotopic (exact) mass is 235 g/mol. The van der Waals surface area contributed by atoms with Crippen molar-refractivity contribution in [2.45, 2.75) is 6.42 Å². The van der Waals surface area contributed by atoms with Crippen molar-refractivity contribution in [1.82, 2.24) is 4.90 Å². The van der Waals surface area contributed by atoms with Crippen LogP contribution in [0.15, 0.2) is 0 Å². The summed E-state index contributed by atoms with van der Waals surface area (Å²) < 4.78 is 9.61. The molecule has 0 fully saturated rings. The summed E-state index contributed by atoms with van der Waals surface area (Å²) in [6.45, 7) is 2.06. The quantitative estimate of drug-likeness (QED) is 0.368. The molecular formula is C10H21NO5. The molecule has 0 radical (unpaired) electrons.